The van der Waals surface area contributed by atoms with Crippen molar-refractivity contribution in [2.45, 2.75) is 53.1 Å². The van der Waals surface area contributed by atoms with Gasteiger partial charge in [0.05, 0.1) is 23.8 Å². The molecule has 0 unspecified atom stereocenters. The Morgan fingerprint density at radius 2 is 2.16 bits per heavy atom. The summed E-state index contributed by atoms with van der Waals surface area (Å²) in [6, 6.07) is 3.69. The number of hydrogen-bond acceptors (Lipinski definition) is 5. The first kappa shape index (κ1) is 18.1. The van der Waals surface area contributed by atoms with E-state index in [0.717, 1.165) is 53.3 Å². The third-order valence-electron chi connectivity index (χ3n) is 4.77. The molecule has 0 aromatic carbocycles. The molecule has 1 aliphatic rings. The van der Waals surface area contributed by atoms with Gasteiger partial charge < -0.3 is 9.73 Å². The summed E-state index contributed by atoms with van der Waals surface area (Å²) in [6.45, 7) is 9.89. The summed E-state index contributed by atoms with van der Waals surface area (Å²) in [5, 5.41) is 3.99. The first-order valence-electron chi connectivity index (χ1n) is 9.09. The van der Waals surface area contributed by atoms with Gasteiger partial charge >= 0.3 is 0 Å². The van der Waals surface area contributed by atoms with Crippen molar-refractivity contribution in [3.63, 3.8) is 0 Å². The van der Waals surface area contributed by atoms with Gasteiger partial charge in [-0.25, -0.2) is 4.98 Å². The van der Waals surface area contributed by atoms with E-state index in [1.807, 2.05) is 13.0 Å². The quantitative estimate of drug-likeness (QED) is 0.851. The zero-order valence-electron chi connectivity index (χ0n) is 15.3. The first-order valence-corrected chi connectivity index (χ1v) is 9.91. The molecule has 1 amide bonds. The summed E-state index contributed by atoms with van der Waals surface area (Å²) >= 11 is 1.64. The number of furan rings is 1. The Kier molecular flexibility index (Phi) is 5.91. The predicted molar refractivity (Wildman–Crippen MR) is 99.8 cm³/mol. The molecule has 5 nitrogen and oxygen atoms in total. The lowest BCUT2D eigenvalue weighted by molar-refractivity contribution is 0.0918. The number of carbonyl (C=O) groups is 1. The smallest absolute Gasteiger partial charge is 0.287 e. The van der Waals surface area contributed by atoms with Crippen molar-refractivity contribution in [2.75, 3.05) is 13.1 Å². The second-order valence-electron chi connectivity index (χ2n) is 6.86. The third kappa shape index (κ3) is 4.70. The Balaban J connectivity index is 1.53. The van der Waals surface area contributed by atoms with Crippen molar-refractivity contribution < 1.29 is 9.21 Å². The molecule has 3 heterocycles. The number of rotatable bonds is 6. The van der Waals surface area contributed by atoms with E-state index in [0.29, 0.717) is 12.3 Å². The molecule has 0 saturated carbocycles. The van der Waals surface area contributed by atoms with Gasteiger partial charge in [0, 0.05) is 4.88 Å². The fourth-order valence-electron chi connectivity index (χ4n) is 3.20. The minimum Gasteiger partial charge on any atom is -0.455 e. The van der Waals surface area contributed by atoms with E-state index in [9.17, 15) is 4.79 Å². The molecule has 3 rings (SSSR count). The molecule has 2 aromatic heterocycles. The van der Waals surface area contributed by atoms with E-state index >= 15 is 0 Å². The Hall–Kier alpha value is -1.66. The van der Waals surface area contributed by atoms with Gasteiger partial charge in [-0.3, -0.25) is 9.69 Å². The number of nitrogens with zero attached hydrogens (tertiary/aromatic N) is 2. The summed E-state index contributed by atoms with van der Waals surface area (Å²) in [4.78, 5) is 20.4. The number of aryl methyl sites for hydroxylation is 2. The summed E-state index contributed by atoms with van der Waals surface area (Å²) < 4.78 is 5.76. The maximum absolute atomic E-state index is 12.3. The van der Waals surface area contributed by atoms with Gasteiger partial charge in [-0.1, -0.05) is 13.8 Å². The zero-order chi connectivity index (χ0) is 17.8. The fourth-order valence-corrected chi connectivity index (χ4v) is 4.16. The van der Waals surface area contributed by atoms with Crippen LogP contribution in [0.25, 0.3) is 0 Å². The number of piperidine rings is 1. The van der Waals surface area contributed by atoms with Crippen LogP contribution in [0.4, 0.5) is 0 Å². The van der Waals surface area contributed by atoms with E-state index in [1.54, 1.807) is 17.4 Å². The van der Waals surface area contributed by atoms with Crippen LogP contribution in [-0.2, 0) is 19.5 Å². The average molecular weight is 362 g/mol. The Morgan fingerprint density at radius 1 is 1.40 bits per heavy atom. The van der Waals surface area contributed by atoms with Crippen LogP contribution in [0.1, 0.15) is 58.6 Å². The van der Waals surface area contributed by atoms with Crippen molar-refractivity contribution in [3.8, 4) is 0 Å². The van der Waals surface area contributed by atoms with Crippen LogP contribution in [0.3, 0.4) is 0 Å². The molecule has 0 spiro atoms. The number of nitrogens with one attached hydrogen (secondary N) is 1. The number of carbonyl (C=O) groups excluding carboxylic acids is 1. The minimum atomic E-state index is -0.161. The van der Waals surface area contributed by atoms with Crippen molar-refractivity contribution >= 4 is 17.2 Å². The van der Waals surface area contributed by atoms with E-state index < -0.39 is 0 Å². The van der Waals surface area contributed by atoms with Gasteiger partial charge in [0.1, 0.15) is 5.76 Å². The van der Waals surface area contributed by atoms with Gasteiger partial charge in [0.25, 0.3) is 5.91 Å². The molecule has 0 aliphatic carbocycles. The van der Waals surface area contributed by atoms with E-state index in [2.05, 4.69) is 29.0 Å². The molecule has 136 valence electrons. The molecule has 1 fully saturated rings. The number of amides is 1. The number of likely N-dealkylation sites (tertiary alicyclic amines) is 1. The predicted octanol–water partition coefficient (Wildman–Crippen LogP) is 3.77. The molecule has 1 aliphatic heterocycles. The molecule has 0 atom stereocenters. The summed E-state index contributed by atoms with van der Waals surface area (Å²) in [5.41, 5.74) is 1.07. The van der Waals surface area contributed by atoms with Gasteiger partial charge in [0.15, 0.2) is 5.76 Å². The number of thiazole rings is 1. The molecule has 0 bridgehead atoms. The molecule has 25 heavy (non-hydrogen) atoms. The Morgan fingerprint density at radius 3 is 2.88 bits per heavy atom. The van der Waals surface area contributed by atoms with Crippen LogP contribution in [0.5, 0.6) is 0 Å². The average Bonchev–Trinajstić information content (AvgIpc) is 3.21. The monoisotopic (exact) mass is 361 g/mol. The second kappa shape index (κ2) is 8.15. The fraction of sp³-hybridized carbons (Fsp3) is 0.579. The highest BCUT2D eigenvalue weighted by Gasteiger charge is 2.18. The van der Waals surface area contributed by atoms with Crippen molar-refractivity contribution in [2.24, 2.45) is 5.92 Å². The lowest BCUT2D eigenvalue weighted by Gasteiger charge is -2.29. The zero-order valence-corrected chi connectivity index (χ0v) is 16.1. The lowest BCUT2D eigenvalue weighted by Crippen LogP contribution is -2.32. The van der Waals surface area contributed by atoms with E-state index in [4.69, 9.17) is 4.42 Å². The Labute approximate surface area is 153 Å². The Bertz CT molecular complexity index is 714. The SMILES string of the molecule is CCc1nc(C)sc1CNC(=O)c1ccc(CN2CCC(C)CC2)o1. The molecule has 2 aromatic rings. The van der Waals surface area contributed by atoms with E-state index in [-0.39, 0.29) is 5.91 Å². The van der Waals surface area contributed by atoms with Gasteiger partial charge in [-0.15, -0.1) is 11.3 Å². The van der Waals surface area contributed by atoms with Crippen LogP contribution in [0, 0.1) is 12.8 Å². The standard InChI is InChI=1S/C19H27N3O2S/c1-4-16-18(25-14(3)21-16)11-20-19(23)17-6-5-15(24-17)12-22-9-7-13(2)8-10-22/h5-6,13H,4,7-12H2,1-3H3,(H,20,23). The third-order valence-corrected chi connectivity index (χ3v) is 5.78. The van der Waals surface area contributed by atoms with Gasteiger partial charge in [0.2, 0.25) is 0 Å². The van der Waals surface area contributed by atoms with Crippen molar-refractivity contribution in [1.29, 1.82) is 0 Å². The van der Waals surface area contributed by atoms with Crippen LogP contribution in [0.2, 0.25) is 0 Å². The largest absolute Gasteiger partial charge is 0.455 e. The lowest BCUT2D eigenvalue weighted by atomic mass is 9.99. The second-order valence-corrected chi connectivity index (χ2v) is 8.15. The number of hydrogen-bond donors (Lipinski definition) is 1. The maximum atomic E-state index is 12.3. The number of aromatic nitrogens is 1. The van der Waals surface area contributed by atoms with Crippen molar-refractivity contribution in [3.05, 3.63) is 39.2 Å². The van der Waals surface area contributed by atoms with Gasteiger partial charge in [-0.05, 0) is 57.3 Å². The molecular formula is C19H27N3O2S. The van der Waals surface area contributed by atoms with E-state index in [1.165, 1.54) is 12.8 Å². The van der Waals surface area contributed by atoms with Crippen LogP contribution in [0.15, 0.2) is 16.5 Å². The summed E-state index contributed by atoms with van der Waals surface area (Å²) in [5.74, 6) is 1.91. The van der Waals surface area contributed by atoms with Crippen LogP contribution < -0.4 is 5.32 Å². The van der Waals surface area contributed by atoms with Crippen LogP contribution >= 0.6 is 11.3 Å². The van der Waals surface area contributed by atoms with Crippen LogP contribution in [-0.4, -0.2) is 28.9 Å². The topological polar surface area (TPSA) is 58.4 Å². The summed E-state index contributed by atoms with van der Waals surface area (Å²) in [7, 11) is 0. The molecular weight excluding hydrogens is 334 g/mol. The molecule has 6 heteroatoms. The normalized spacial score (nSPS) is 16.3. The highest BCUT2D eigenvalue weighted by atomic mass is 32.1. The van der Waals surface area contributed by atoms with Gasteiger partial charge in [-0.2, -0.15) is 0 Å². The highest BCUT2D eigenvalue weighted by molar-refractivity contribution is 7.11. The molecule has 0 radical (unpaired) electrons. The maximum Gasteiger partial charge on any atom is 0.287 e. The summed E-state index contributed by atoms with van der Waals surface area (Å²) in [6.07, 6.45) is 3.36. The molecule has 1 saturated heterocycles. The van der Waals surface area contributed by atoms with Crippen molar-refractivity contribution in [1.82, 2.24) is 15.2 Å². The first-order chi connectivity index (χ1) is 12.0. The minimum absolute atomic E-state index is 0.161. The molecule has 1 N–H and O–H groups in total. The highest BCUT2D eigenvalue weighted by Crippen LogP contribution is 2.20.